The van der Waals surface area contributed by atoms with Crippen LogP contribution in [-0.2, 0) is 6.54 Å². The van der Waals surface area contributed by atoms with Crippen molar-refractivity contribution in [2.45, 2.75) is 6.54 Å². The summed E-state index contributed by atoms with van der Waals surface area (Å²) in [5.41, 5.74) is 3.40. The summed E-state index contributed by atoms with van der Waals surface area (Å²) in [5.74, 6) is 0.668. The van der Waals surface area contributed by atoms with Crippen LogP contribution in [0.3, 0.4) is 0 Å². The van der Waals surface area contributed by atoms with Crippen molar-refractivity contribution in [2.75, 3.05) is 31.1 Å². The predicted octanol–water partition coefficient (Wildman–Crippen LogP) is 3.06. The molecule has 1 aliphatic rings. The zero-order chi connectivity index (χ0) is 16.2. The molecule has 0 unspecified atom stereocenters. The molecule has 122 valence electrons. The number of anilines is 1. The van der Waals surface area contributed by atoms with E-state index in [1.807, 2.05) is 18.3 Å². The fraction of sp³-hybridized carbons (Fsp3) is 0.263. The van der Waals surface area contributed by atoms with E-state index < -0.39 is 0 Å². The van der Waals surface area contributed by atoms with Gasteiger partial charge in [0, 0.05) is 50.2 Å². The van der Waals surface area contributed by atoms with Crippen LogP contribution < -0.4 is 4.90 Å². The fourth-order valence-corrected chi connectivity index (χ4v) is 3.07. The Morgan fingerprint density at radius 1 is 0.875 bits per heavy atom. The normalized spacial score (nSPS) is 15.6. The van der Waals surface area contributed by atoms with E-state index in [0.29, 0.717) is 5.89 Å². The molecule has 3 aromatic rings. The average Bonchev–Trinajstić information content (AvgIpc) is 3.18. The third-order valence-electron chi connectivity index (χ3n) is 4.40. The van der Waals surface area contributed by atoms with E-state index in [0.717, 1.165) is 44.0 Å². The van der Waals surface area contributed by atoms with E-state index in [1.54, 1.807) is 12.5 Å². The molecule has 0 N–H and O–H groups in total. The van der Waals surface area contributed by atoms with Gasteiger partial charge in [-0.05, 0) is 36.4 Å². The minimum Gasteiger partial charge on any atom is -0.445 e. The molecule has 1 aromatic carbocycles. The summed E-state index contributed by atoms with van der Waals surface area (Å²) >= 11 is 0. The van der Waals surface area contributed by atoms with Crippen LogP contribution in [0.15, 0.2) is 65.5 Å². The number of benzene rings is 1. The number of piperazine rings is 1. The van der Waals surface area contributed by atoms with E-state index in [4.69, 9.17) is 4.42 Å². The van der Waals surface area contributed by atoms with Crippen molar-refractivity contribution in [1.29, 1.82) is 0 Å². The Kier molecular flexibility index (Phi) is 4.25. The van der Waals surface area contributed by atoms with Crippen LogP contribution in [0.5, 0.6) is 0 Å². The second-order valence-corrected chi connectivity index (χ2v) is 5.97. The minimum absolute atomic E-state index is 0.668. The monoisotopic (exact) mass is 320 g/mol. The zero-order valence-electron chi connectivity index (χ0n) is 13.5. The van der Waals surface area contributed by atoms with Crippen LogP contribution >= 0.6 is 0 Å². The van der Waals surface area contributed by atoms with Crippen molar-refractivity contribution in [3.63, 3.8) is 0 Å². The molecule has 0 atom stereocenters. The SMILES string of the molecule is c1ccc(CN2CCN(c3ccc(-c4ncco4)cc3)CC2)nc1. The Bertz CT molecular complexity index is 748. The van der Waals surface area contributed by atoms with E-state index in [1.165, 1.54) is 5.69 Å². The number of aromatic nitrogens is 2. The highest BCUT2D eigenvalue weighted by Gasteiger charge is 2.17. The van der Waals surface area contributed by atoms with Crippen molar-refractivity contribution in [3.05, 3.63) is 66.8 Å². The lowest BCUT2D eigenvalue weighted by Gasteiger charge is -2.36. The van der Waals surface area contributed by atoms with Crippen LogP contribution in [0.2, 0.25) is 0 Å². The Labute approximate surface area is 141 Å². The van der Waals surface area contributed by atoms with E-state index in [-0.39, 0.29) is 0 Å². The molecule has 5 heteroatoms. The van der Waals surface area contributed by atoms with Gasteiger partial charge in [0.2, 0.25) is 5.89 Å². The van der Waals surface area contributed by atoms with Crippen molar-refractivity contribution in [2.24, 2.45) is 0 Å². The molecule has 0 amide bonds. The van der Waals surface area contributed by atoms with Gasteiger partial charge in [0.25, 0.3) is 0 Å². The van der Waals surface area contributed by atoms with Crippen LogP contribution in [0.25, 0.3) is 11.5 Å². The summed E-state index contributed by atoms with van der Waals surface area (Å²) < 4.78 is 5.34. The number of hydrogen-bond donors (Lipinski definition) is 0. The highest BCUT2D eigenvalue weighted by atomic mass is 16.3. The maximum absolute atomic E-state index is 5.34. The molecular weight excluding hydrogens is 300 g/mol. The van der Waals surface area contributed by atoms with Gasteiger partial charge in [-0.25, -0.2) is 4.98 Å². The van der Waals surface area contributed by atoms with Crippen LogP contribution in [0, 0.1) is 0 Å². The Balaban J connectivity index is 1.35. The first-order chi connectivity index (χ1) is 11.9. The first-order valence-corrected chi connectivity index (χ1v) is 8.26. The van der Waals surface area contributed by atoms with Gasteiger partial charge in [-0.15, -0.1) is 0 Å². The van der Waals surface area contributed by atoms with E-state index >= 15 is 0 Å². The smallest absolute Gasteiger partial charge is 0.225 e. The molecular formula is C19H20N4O. The third-order valence-corrected chi connectivity index (χ3v) is 4.40. The van der Waals surface area contributed by atoms with E-state index in [2.05, 4.69) is 50.1 Å². The van der Waals surface area contributed by atoms with Crippen LogP contribution in [-0.4, -0.2) is 41.0 Å². The lowest BCUT2D eigenvalue weighted by atomic mass is 10.1. The molecule has 2 aromatic heterocycles. The summed E-state index contributed by atoms with van der Waals surface area (Å²) in [6.45, 7) is 5.10. The average molecular weight is 320 g/mol. The van der Waals surface area contributed by atoms with Gasteiger partial charge >= 0.3 is 0 Å². The maximum atomic E-state index is 5.34. The maximum Gasteiger partial charge on any atom is 0.225 e. The first kappa shape index (κ1) is 14.9. The summed E-state index contributed by atoms with van der Waals surface area (Å²) in [7, 11) is 0. The second-order valence-electron chi connectivity index (χ2n) is 5.97. The topological polar surface area (TPSA) is 45.4 Å². The molecule has 1 aliphatic heterocycles. The lowest BCUT2D eigenvalue weighted by molar-refractivity contribution is 0.247. The van der Waals surface area contributed by atoms with Crippen molar-refractivity contribution < 1.29 is 4.42 Å². The van der Waals surface area contributed by atoms with Crippen LogP contribution in [0.4, 0.5) is 5.69 Å². The molecule has 0 spiro atoms. The van der Waals surface area contributed by atoms with Crippen molar-refractivity contribution in [1.82, 2.24) is 14.9 Å². The zero-order valence-corrected chi connectivity index (χ0v) is 13.5. The molecule has 0 saturated carbocycles. The summed E-state index contributed by atoms with van der Waals surface area (Å²) in [6, 6.07) is 14.5. The summed E-state index contributed by atoms with van der Waals surface area (Å²) in [4.78, 5) is 13.5. The fourth-order valence-electron chi connectivity index (χ4n) is 3.07. The molecule has 5 nitrogen and oxygen atoms in total. The van der Waals surface area contributed by atoms with Crippen molar-refractivity contribution in [3.8, 4) is 11.5 Å². The number of pyridine rings is 1. The molecule has 3 heterocycles. The Morgan fingerprint density at radius 2 is 1.71 bits per heavy atom. The third kappa shape index (κ3) is 3.31. The molecule has 0 radical (unpaired) electrons. The van der Waals surface area contributed by atoms with Gasteiger partial charge in [0.05, 0.1) is 11.9 Å². The molecule has 0 aliphatic carbocycles. The predicted molar refractivity (Wildman–Crippen MR) is 93.7 cm³/mol. The molecule has 4 rings (SSSR count). The number of rotatable bonds is 4. The molecule has 24 heavy (non-hydrogen) atoms. The summed E-state index contributed by atoms with van der Waals surface area (Å²) in [5, 5.41) is 0. The number of nitrogens with zero attached hydrogens (tertiary/aromatic N) is 4. The standard InChI is InChI=1S/C19H20N4O/c1-2-8-20-17(3-1)15-22-10-12-23(13-11-22)18-6-4-16(5-7-18)19-21-9-14-24-19/h1-9,14H,10-13,15H2. The Morgan fingerprint density at radius 3 is 2.38 bits per heavy atom. The van der Waals surface area contributed by atoms with E-state index in [9.17, 15) is 0 Å². The van der Waals surface area contributed by atoms with Gasteiger partial charge in [-0.3, -0.25) is 9.88 Å². The van der Waals surface area contributed by atoms with Gasteiger partial charge < -0.3 is 9.32 Å². The first-order valence-electron chi connectivity index (χ1n) is 8.26. The minimum atomic E-state index is 0.668. The number of oxazole rings is 1. The highest BCUT2D eigenvalue weighted by Crippen LogP contribution is 2.23. The molecule has 1 fully saturated rings. The van der Waals surface area contributed by atoms with Crippen molar-refractivity contribution >= 4 is 5.69 Å². The van der Waals surface area contributed by atoms with Gasteiger partial charge in [-0.2, -0.15) is 0 Å². The molecule has 1 saturated heterocycles. The van der Waals surface area contributed by atoms with Gasteiger partial charge in [-0.1, -0.05) is 6.07 Å². The Hall–Kier alpha value is -2.66. The second kappa shape index (κ2) is 6.84. The highest BCUT2D eigenvalue weighted by molar-refractivity contribution is 5.59. The lowest BCUT2D eigenvalue weighted by Crippen LogP contribution is -2.46. The van der Waals surface area contributed by atoms with Gasteiger partial charge in [0.15, 0.2) is 0 Å². The quantitative estimate of drug-likeness (QED) is 0.739. The van der Waals surface area contributed by atoms with Crippen LogP contribution in [0.1, 0.15) is 5.69 Å². The number of hydrogen-bond acceptors (Lipinski definition) is 5. The largest absolute Gasteiger partial charge is 0.445 e. The molecule has 0 bridgehead atoms. The van der Waals surface area contributed by atoms with Gasteiger partial charge in [0.1, 0.15) is 6.26 Å². The summed E-state index contributed by atoms with van der Waals surface area (Å²) in [6.07, 6.45) is 5.13.